The monoisotopic (exact) mass is 274 g/mol. The minimum atomic E-state index is -0.777. The first-order valence-electron chi connectivity index (χ1n) is 5.31. The number of aliphatic carboxylic acids is 1. The molecule has 1 aliphatic carbocycles. The molecule has 0 saturated carbocycles. The summed E-state index contributed by atoms with van der Waals surface area (Å²) in [6.45, 7) is 0. The van der Waals surface area contributed by atoms with Crippen LogP contribution in [0, 0.1) is 5.92 Å². The number of fused-ring (bicyclic) bond motifs is 1. The van der Waals surface area contributed by atoms with Crippen molar-refractivity contribution < 1.29 is 14.6 Å². The summed E-state index contributed by atoms with van der Waals surface area (Å²) in [5.74, 6) is -0.718. The highest BCUT2D eigenvalue weighted by molar-refractivity contribution is 6.37. The molecule has 0 amide bonds. The average Bonchev–Trinajstić information content (AvgIpc) is 2.29. The zero-order valence-corrected chi connectivity index (χ0v) is 10.8. The molecule has 1 aliphatic rings. The SMILES string of the molecule is COc1c(Cl)cc2c(c1Cl)CC(C(=O)O)CC2. The van der Waals surface area contributed by atoms with Crippen LogP contribution in [0.5, 0.6) is 5.75 Å². The Balaban J connectivity index is 2.46. The summed E-state index contributed by atoms with van der Waals surface area (Å²) in [6.07, 6.45) is 1.76. The van der Waals surface area contributed by atoms with Gasteiger partial charge < -0.3 is 9.84 Å². The summed E-state index contributed by atoms with van der Waals surface area (Å²) in [5, 5.41) is 9.96. The molecule has 0 fully saturated rings. The summed E-state index contributed by atoms with van der Waals surface area (Å²) in [4.78, 5) is 11.0. The van der Waals surface area contributed by atoms with Gasteiger partial charge in [0.15, 0.2) is 5.75 Å². The summed E-state index contributed by atoms with van der Waals surface area (Å²) in [7, 11) is 1.50. The number of ether oxygens (including phenoxy) is 1. The zero-order chi connectivity index (χ0) is 12.6. The standard InChI is InChI=1S/C12H12Cl2O3/c1-17-11-9(13)5-6-2-3-7(12(15)16)4-8(6)10(11)14/h5,7H,2-4H2,1H3,(H,15,16). The number of rotatable bonds is 2. The minimum absolute atomic E-state index is 0.370. The van der Waals surface area contributed by atoms with Gasteiger partial charge in [0.05, 0.1) is 23.1 Å². The molecule has 0 heterocycles. The van der Waals surface area contributed by atoms with Crippen LogP contribution in [0.4, 0.5) is 0 Å². The third kappa shape index (κ3) is 2.22. The second kappa shape index (κ2) is 4.75. The van der Waals surface area contributed by atoms with Gasteiger partial charge in [-0.25, -0.2) is 0 Å². The lowest BCUT2D eigenvalue weighted by Crippen LogP contribution is -2.22. The van der Waals surface area contributed by atoms with Gasteiger partial charge in [-0.05, 0) is 36.5 Å². The van der Waals surface area contributed by atoms with Crippen molar-refractivity contribution in [3.63, 3.8) is 0 Å². The zero-order valence-electron chi connectivity index (χ0n) is 9.30. The van der Waals surface area contributed by atoms with Crippen molar-refractivity contribution in [2.45, 2.75) is 19.3 Å². The Morgan fingerprint density at radius 3 is 2.82 bits per heavy atom. The maximum atomic E-state index is 11.0. The molecular weight excluding hydrogens is 263 g/mol. The molecule has 1 unspecified atom stereocenters. The van der Waals surface area contributed by atoms with Crippen molar-refractivity contribution in [1.29, 1.82) is 0 Å². The Hall–Kier alpha value is -0.930. The van der Waals surface area contributed by atoms with Crippen molar-refractivity contribution >= 4 is 29.2 Å². The lowest BCUT2D eigenvalue weighted by Gasteiger charge is -2.24. The predicted molar refractivity (Wildman–Crippen MR) is 66.2 cm³/mol. The van der Waals surface area contributed by atoms with Crippen LogP contribution in [0.15, 0.2) is 6.07 Å². The fourth-order valence-electron chi connectivity index (χ4n) is 2.21. The molecule has 92 valence electrons. The van der Waals surface area contributed by atoms with Gasteiger partial charge in [0, 0.05) is 0 Å². The van der Waals surface area contributed by atoms with E-state index in [2.05, 4.69) is 0 Å². The van der Waals surface area contributed by atoms with E-state index in [1.54, 1.807) is 0 Å². The normalized spacial score (nSPS) is 18.6. The van der Waals surface area contributed by atoms with E-state index in [0.717, 1.165) is 11.1 Å². The van der Waals surface area contributed by atoms with Crippen LogP contribution in [-0.4, -0.2) is 18.2 Å². The summed E-state index contributed by atoms with van der Waals surface area (Å²) in [6, 6.07) is 1.82. The lowest BCUT2D eigenvalue weighted by atomic mass is 9.84. The molecule has 0 aromatic heterocycles. The Bertz CT molecular complexity index is 471. The van der Waals surface area contributed by atoms with Crippen LogP contribution in [0.1, 0.15) is 17.5 Å². The molecule has 1 aromatic rings. The van der Waals surface area contributed by atoms with Crippen LogP contribution in [0.2, 0.25) is 10.0 Å². The van der Waals surface area contributed by atoms with Crippen molar-refractivity contribution in [3.8, 4) is 5.75 Å². The van der Waals surface area contributed by atoms with Crippen molar-refractivity contribution in [2.75, 3.05) is 7.11 Å². The smallest absolute Gasteiger partial charge is 0.306 e. The molecule has 2 rings (SSSR count). The van der Waals surface area contributed by atoms with E-state index in [1.165, 1.54) is 7.11 Å². The number of methoxy groups -OCH3 is 1. The number of hydrogen-bond donors (Lipinski definition) is 1. The quantitative estimate of drug-likeness (QED) is 0.901. The van der Waals surface area contributed by atoms with Crippen LogP contribution in [-0.2, 0) is 17.6 Å². The highest BCUT2D eigenvalue weighted by atomic mass is 35.5. The third-order valence-electron chi connectivity index (χ3n) is 3.14. The Morgan fingerprint density at radius 1 is 1.53 bits per heavy atom. The summed E-state index contributed by atoms with van der Waals surface area (Å²) >= 11 is 12.2. The van der Waals surface area contributed by atoms with Gasteiger partial charge in [-0.15, -0.1) is 0 Å². The van der Waals surface area contributed by atoms with Crippen LogP contribution < -0.4 is 4.74 Å². The number of hydrogen-bond acceptors (Lipinski definition) is 2. The Morgan fingerprint density at radius 2 is 2.24 bits per heavy atom. The lowest BCUT2D eigenvalue weighted by molar-refractivity contribution is -0.142. The Kier molecular flexibility index (Phi) is 3.50. The van der Waals surface area contributed by atoms with E-state index in [1.807, 2.05) is 6.07 Å². The summed E-state index contributed by atoms with van der Waals surface area (Å²) < 4.78 is 5.13. The number of carboxylic acids is 1. The van der Waals surface area contributed by atoms with E-state index in [-0.39, 0.29) is 5.92 Å². The largest absolute Gasteiger partial charge is 0.494 e. The molecule has 0 aliphatic heterocycles. The number of aryl methyl sites for hydroxylation is 1. The molecular formula is C12H12Cl2O3. The average molecular weight is 275 g/mol. The van der Waals surface area contributed by atoms with Crippen molar-refractivity contribution in [2.24, 2.45) is 5.92 Å². The first-order valence-corrected chi connectivity index (χ1v) is 6.06. The topological polar surface area (TPSA) is 46.5 Å². The third-order valence-corrected chi connectivity index (χ3v) is 3.82. The number of carbonyl (C=O) groups is 1. The molecule has 0 bridgehead atoms. The molecule has 1 atom stereocenters. The highest BCUT2D eigenvalue weighted by Crippen LogP contribution is 2.41. The number of halogens is 2. The fraction of sp³-hybridized carbons (Fsp3) is 0.417. The molecule has 1 N–H and O–H groups in total. The molecule has 5 heteroatoms. The number of carboxylic acid groups (broad SMARTS) is 1. The predicted octanol–water partition coefficient (Wildman–Crippen LogP) is 3.19. The maximum absolute atomic E-state index is 11.0. The highest BCUT2D eigenvalue weighted by Gasteiger charge is 2.28. The van der Waals surface area contributed by atoms with Gasteiger partial charge in [0.1, 0.15) is 0 Å². The van der Waals surface area contributed by atoms with Gasteiger partial charge in [0.2, 0.25) is 0 Å². The first-order chi connectivity index (χ1) is 8.04. The molecule has 0 saturated heterocycles. The maximum Gasteiger partial charge on any atom is 0.306 e. The van der Waals surface area contributed by atoms with Gasteiger partial charge in [-0.2, -0.15) is 0 Å². The van der Waals surface area contributed by atoms with Crippen molar-refractivity contribution in [1.82, 2.24) is 0 Å². The summed E-state index contributed by atoms with van der Waals surface area (Å²) in [5.41, 5.74) is 1.88. The van der Waals surface area contributed by atoms with Crippen LogP contribution in [0.25, 0.3) is 0 Å². The van der Waals surface area contributed by atoms with E-state index < -0.39 is 5.97 Å². The van der Waals surface area contributed by atoms with E-state index >= 15 is 0 Å². The van der Waals surface area contributed by atoms with Crippen LogP contribution in [0.3, 0.4) is 0 Å². The van der Waals surface area contributed by atoms with Gasteiger partial charge in [-0.1, -0.05) is 23.2 Å². The molecule has 1 aromatic carbocycles. The molecule has 17 heavy (non-hydrogen) atoms. The van der Waals surface area contributed by atoms with Crippen LogP contribution >= 0.6 is 23.2 Å². The fourth-order valence-corrected chi connectivity index (χ4v) is 2.94. The van der Waals surface area contributed by atoms with E-state index in [4.69, 9.17) is 33.0 Å². The van der Waals surface area contributed by atoms with E-state index in [0.29, 0.717) is 35.1 Å². The van der Waals surface area contributed by atoms with Crippen molar-refractivity contribution in [3.05, 3.63) is 27.2 Å². The Labute approximate surface area is 109 Å². The minimum Gasteiger partial charge on any atom is -0.494 e. The second-order valence-electron chi connectivity index (χ2n) is 4.12. The van der Waals surface area contributed by atoms with Gasteiger partial charge in [0.25, 0.3) is 0 Å². The number of benzene rings is 1. The second-order valence-corrected chi connectivity index (χ2v) is 4.91. The van der Waals surface area contributed by atoms with E-state index in [9.17, 15) is 4.79 Å². The first kappa shape index (κ1) is 12.5. The van der Waals surface area contributed by atoms with Gasteiger partial charge >= 0.3 is 5.97 Å². The molecule has 0 radical (unpaired) electrons. The molecule has 3 nitrogen and oxygen atoms in total. The van der Waals surface area contributed by atoms with Gasteiger partial charge in [-0.3, -0.25) is 4.79 Å². The molecule has 0 spiro atoms.